The first-order valence-corrected chi connectivity index (χ1v) is 19.1. The fourth-order valence-electron chi connectivity index (χ4n) is 7.74. The Morgan fingerprint density at radius 1 is 0.772 bits per heavy atom. The number of imidazole rings is 1. The van der Waals surface area contributed by atoms with Crippen LogP contribution in [0.25, 0.3) is 22.2 Å². The Hall–Kier alpha value is -6.17. The quantitative estimate of drug-likeness (QED) is 0.141. The number of alkyl halides is 3. The number of nitrogens with two attached hydrogens (primary N) is 1. The number of carbonyl (C=O) groups is 1. The van der Waals surface area contributed by atoms with E-state index in [4.69, 9.17) is 5.73 Å². The number of nitrogen functional groups attached to an aromatic ring is 1. The van der Waals surface area contributed by atoms with E-state index in [1.807, 2.05) is 48.5 Å². The van der Waals surface area contributed by atoms with Crippen LogP contribution in [0.2, 0.25) is 0 Å². The highest BCUT2D eigenvalue weighted by Gasteiger charge is 2.30. The molecule has 0 aliphatic carbocycles. The van der Waals surface area contributed by atoms with E-state index in [0.717, 1.165) is 86.8 Å². The Morgan fingerprint density at radius 3 is 2.18 bits per heavy atom. The van der Waals surface area contributed by atoms with Crippen molar-refractivity contribution in [2.75, 3.05) is 24.1 Å². The number of anilines is 2. The van der Waals surface area contributed by atoms with Crippen LogP contribution < -0.4 is 11.1 Å². The summed E-state index contributed by atoms with van der Waals surface area (Å²) in [6.45, 7) is 5.55. The van der Waals surface area contributed by atoms with Crippen LogP contribution in [0.1, 0.15) is 49.7 Å². The van der Waals surface area contributed by atoms with Crippen LogP contribution in [0.5, 0.6) is 0 Å². The molecule has 0 radical (unpaired) electrons. The van der Waals surface area contributed by atoms with Crippen LogP contribution in [-0.2, 0) is 52.2 Å². The number of aromatic nitrogens is 3. The van der Waals surface area contributed by atoms with Gasteiger partial charge in [0.15, 0.2) is 0 Å². The number of benzene rings is 5. The summed E-state index contributed by atoms with van der Waals surface area (Å²) in [6.07, 6.45) is -0.355. The van der Waals surface area contributed by atoms with Crippen molar-refractivity contribution in [3.05, 3.63) is 172 Å². The van der Waals surface area contributed by atoms with Crippen LogP contribution in [0.15, 0.2) is 128 Å². The van der Waals surface area contributed by atoms with Gasteiger partial charge in [-0.05, 0) is 113 Å². The van der Waals surface area contributed by atoms with Crippen LogP contribution in [0.4, 0.5) is 24.5 Å². The first kappa shape index (κ1) is 37.7. The average Bonchev–Trinajstić information content (AvgIpc) is 3.82. The average molecular weight is 768 g/mol. The molecule has 0 saturated carbocycles. The summed E-state index contributed by atoms with van der Waals surface area (Å²) in [5.74, 6) is 0.628. The summed E-state index contributed by atoms with van der Waals surface area (Å²) in [4.78, 5) is 26.1. The molecule has 0 saturated heterocycles. The number of aryl methyl sites for hydroxylation is 1. The third kappa shape index (κ3) is 8.80. The number of para-hydroxylation sites is 2. The SMILES string of the molecule is Cn1cccc1CN1CCc2cc(N)ccc2C1.O=C(Nc1ccc2c(c1)CCN(Cc1nc3ccccc3[nH]1)C2)c1ccccc1-c1ccc(C(F)(F)F)cc1. The second kappa shape index (κ2) is 16.1. The Kier molecular flexibility index (Phi) is 10.7. The van der Waals surface area contributed by atoms with Crippen molar-refractivity contribution in [1.29, 1.82) is 0 Å². The van der Waals surface area contributed by atoms with Crippen LogP contribution in [0, 0.1) is 0 Å². The fraction of sp³-hybridized carbons (Fsp3) is 0.217. The number of halogens is 3. The van der Waals surface area contributed by atoms with Crippen LogP contribution in [-0.4, -0.2) is 43.3 Å². The smallest absolute Gasteiger partial charge is 0.399 e. The third-order valence-corrected chi connectivity index (χ3v) is 10.8. The molecule has 0 fully saturated rings. The summed E-state index contributed by atoms with van der Waals surface area (Å²) in [7, 11) is 2.11. The molecule has 5 aromatic carbocycles. The van der Waals surface area contributed by atoms with Gasteiger partial charge in [0.25, 0.3) is 5.91 Å². The number of nitrogens with zero attached hydrogens (tertiary/aromatic N) is 4. The highest BCUT2D eigenvalue weighted by Crippen LogP contribution is 2.32. The summed E-state index contributed by atoms with van der Waals surface area (Å²) in [5, 5.41) is 2.97. The van der Waals surface area contributed by atoms with E-state index < -0.39 is 11.7 Å². The highest BCUT2D eigenvalue weighted by atomic mass is 19.4. The standard InChI is InChI=1S/C31H25F3N4O.C15H19N3/c32-31(33,34)23-12-9-20(10-13-23)25-5-1-2-6-26(25)30(39)35-24-14-11-22-18-38(16-15-21(22)17-24)19-29-36-27-7-3-4-8-28(27)37-29;1-17-7-2-3-15(17)11-18-8-6-12-9-14(16)5-4-13(12)10-18/h1-14,17H,15-16,18-19H2,(H,35,39)(H,36,37);2-5,7,9H,6,8,10-11,16H2,1H3. The second-order valence-corrected chi connectivity index (χ2v) is 14.8. The summed E-state index contributed by atoms with van der Waals surface area (Å²) in [5.41, 5.74) is 16.8. The Labute approximate surface area is 329 Å². The highest BCUT2D eigenvalue weighted by molar-refractivity contribution is 6.08. The Bertz CT molecular complexity index is 2490. The number of aromatic amines is 1. The molecule has 57 heavy (non-hydrogen) atoms. The summed E-state index contributed by atoms with van der Waals surface area (Å²) < 4.78 is 41.1. The van der Waals surface area contributed by atoms with Gasteiger partial charge in [0, 0.05) is 68.6 Å². The molecule has 8 nitrogen and oxygen atoms in total. The Balaban J connectivity index is 0.000000210. The molecule has 0 atom stereocenters. The van der Waals surface area contributed by atoms with Gasteiger partial charge in [-0.1, -0.05) is 54.6 Å². The van der Waals surface area contributed by atoms with Crippen molar-refractivity contribution in [2.24, 2.45) is 7.05 Å². The molecule has 0 bridgehead atoms. The number of H-pyrrole nitrogens is 1. The zero-order chi connectivity index (χ0) is 39.5. The van der Waals surface area contributed by atoms with E-state index in [-0.39, 0.29) is 5.91 Å². The molecule has 0 spiro atoms. The predicted octanol–water partition coefficient (Wildman–Crippen LogP) is 9.22. The minimum Gasteiger partial charge on any atom is -0.399 e. The molecular formula is C46H44F3N7O. The minimum absolute atomic E-state index is 0.312. The third-order valence-electron chi connectivity index (χ3n) is 10.8. The van der Waals surface area contributed by atoms with Crippen molar-refractivity contribution in [3.63, 3.8) is 0 Å². The van der Waals surface area contributed by atoms with Crippen molar-refractivity contribution in [1.82, 2.24) is 24.3 Å². The summed E-state index contributed by atoms with van der Waals surface area (Å²) in [6, 6.07) is 36.3. The molecule has 2 aromatic heterocycles. The zero-order valence-corrected chi connectivity index (χ0v) is 31.7. The molecule has 1 amide bonds. The number of fused-ring (bicyclic) bond motifs is 3. The molecule has 2 aliphatic heterocycles. The molecule has 4 heterocycles. The molecule has 4 N–H and O–H groups in total. The van der Waals surface area contributed by atoms with Gasteiger partial charge < -0.3 is 20.6 Å². The van der Waals surface area contributed by atoms with E-state index in [1.54, 1.807) is 24.3 Å². The Morgan fingerprint density at radius 2 is 1.46 bits per heavy atom. The van der Waals surface area contributed by atoms with E-state index in [1.165, 1.54) is 40.1 Å². The maximum Gasteiger partial charge on any atom is 0.416 e. The molecule has 9 rings (SSSR count). The van der Waals surface area contributed by atoms with Gasteiger partial charge >= 0.3 is 6.18 Å². The minimum atomic E-state index is -4.41. The summed E-state index contributed by atoms with van der Waals surface area (Å²) >= 11 is 0. The van der Waals surface area contributed by atoms with Gasteiger partial charge in [0.05, 0.1) is 23.1 Å². The monoisotopic (exact) mass is 767 g/mol. The van der Waals surface area contributed by atoms with Crippen molar-refractivity contribution >= 4 is 28.3 Å². The van der Waals surface area contributed by atoms with Gasteiger partial charge in [-0.25, -0.2) is 4.98 Å². The van der Waals surface area contributed by atoms with Gasteiger partial charge in [-0.15, -0.1) is 0 Å². The van der Waals surface area contributed by atoms with Crippen LogP contribution in [0.3, 0.4) is 0 Å². The largest absolute Gasteiger partial charge is 0.416 e. The van der Waals surface area contributed by atoms with E-state index in [9.17, 15) is 18.0 Å². The maximum atomic E-state index is 13.2. The number of carbonyl (C=O) groups excluding carboxylic acids is 1. The molecule has 7 aromatic rings. The first-order valence-electron chi connectivity index (χ1n) is 19.1. The predicted molar refractivity (Wildman–Crippen MR) is 219 cm³/mol. The number of rotatable bonds is 7. The van der Waals surface area contributed by atoms with Gasteiger partial charge in [-0.3, -0.25) is 14.6 Å². The van der Waals surface area contributed by atoms with Crippen LogP contribution >= 0.6 is 0 Å². The van der Waals surface area contributed by atoms with E-state index in [0.29, 0.717) is 22.4 Å². The first-order chi connectivity index (χ1) is 27.6. The number of amides is 1. The topological polar surface area (TPSA) is 95.2 Å². The lowest BCUT2D eigenvalue weighted by Gasteiger charge is -2.29. The second-order valence-electron chi connectivity index (χ2n) is 14.8. The molecule has 290 valence electrons. The van der Waals surface area contributed by atoms with Gasteiger partial charge in [-0.2, -0.15) is 13.2 Å². The van der Waals surface area contributed by atoms with E-state index >= 15 is 0 Å². The lowest BCUT2D eigenvalue weighted by atomic mass is 9.97. The molecule has 0 unspecified atom stereocenters. The zero-order valence-electron chi connectivity index (χ0n) is 31.7. The fourth-order valence-corrected chi connectivity index (χ4v) is 7.74. The lowest BCUT2D eigenvalue weighted by Crippen LogP contribution is -2.30. The number of hydrogen-bond donors (Lipinski definition) is 3. The lowest BCUT2D eigenvalue weighted by molar-refractivity contribution is -0.137. The van der Waals surface area contributed by atoms with Crippen molar-refractivity contribution in [2.45, 2.75) is 45.2 Å². The van der Waals surface area contributed by atoms with Gasteiger partial charge in [0.2, 0.25) is 0 Å². The maximum absolute atomic E-state index is 13.2. The number of nitrogens with one attached hydrogen (secondary N) is 2. The normalized spacial score (nSPS) is 14.4. The molecule has 11 heteroatoms. The molecule has 2 aliphatic rings. The van der Waals surface area contributed by atoms with E-state index in [2.05, 4.69) is 67.2 Å². The van der Waals surface area contributed by atoms with Crippen molar-refractivity contribution in [3.8, 4) is 11.1 Å². The number of hydrogen-bond acceptors (Lipinski definition) is 5. The van der Waals surface area contributed by atoms with Gasteiger partial charge in [0.1, 0.15) is 5.82 Å². The van der Waals surface area contributed by atoms with Crippen molar-refractivity contribution < 1.29 is 18.0 Å². The molecular weight excluding hydrogens is 724 g/mol.